The predicted octanol–water partition coefficient (Wildman–Crippen LogP) is 3.59. The van der Waals surface area contributed by atoms with Crippen LogP contribution in [-0.4, -0.2) is 25.0 Å². The fourth-order valence-corrected chi connectivity index (χ4v) is 2.53. The first-order valence-electron chi connectivity index (χ1n) is 7.03. The van der Waals surface area contributed by atoms with Crippen LogP contribution in [0.25, 0.3) is 0 Å². The van der Waals surface area contributed by atoms with Crippen molar-refractivity contribution in [3.05, 3.63) is 71.8 Å². The topological polar surface area (TPSA) is 29.5 Å². The van der Waals surface area contributed by atoms with Crippen molar-refractivity contribution in [1.29, 1.82) is 0 Å². The van der Waals surface area contributed by atoms with Crippen molar-refractivity contribution in [2.24, 2.45) is 0 Å². The Balaban J connectivity index is 2.43. The summed E-state index contributed by atoms with van der Waals surface area (Å²) in [4.78, 5) is 13.6. The van der Waals surface area contributed by atoms with Crippen molar-refractivity contribution < 1.29 is 9.53 Å². The highest BCUT2D eigenvalue weighted by Crippen LogP contribution is 2.35. The summed E-state index contributed by atoms with van der Waals surface area (Å²) in [5.74, 6) is -0.272. The number of ether oxygens (including phenoxy) is 1. The average molecular weight is 283 g/mol. The van der Waals surface area contributed by atoms with E-state index in [4.69, 9.17) is 4.74 Å². The minimum absolute atomic E-state index is 0.0301. The predicted molar refractivity (Wildman–Crippen MR) is 83.8 cm³/mol. The third-order valence-electron chi connectivity index (χ3n) is 3.41. The highest BCUT2D eigenvalue weighted by Gasteiger charge is 2.29. The number of carbonyl (C=O) groups excluding carboxylic acids is 1. The van der Waals surface area contributed by atoms with Crippen LogP contribution in [0.3, 0.4) is 0 Å². The molecule has 0 spiro atoms. The van der Waals surface area contributed by atoms with Gasteiger partial charge >= 0.3 is 5.97 Å². The lowest BCUT2D eigenvalue weighted by atomic mass is 9.94. The van der Waals surface area contributed by atoms with Crippen LogP contribution in [0.15, 0.2) is 60.7 Å². The molecule has 0 aliphatic rings. The number of likely N-dealkylation sites (N-methyl/N-ethyl adjacent to an activating group) is 1. The Morgan fingerprint density at radius 2 is 1.38 bits per heavy atom. The monoisotopic (exact) mass is 283 g/mol. The number of esters is 1. The SMILES string of the molecule is CC(=O)O[C@@H](c1ccccc1)[C@H](c1ccccc1)N(C)C. The summed E-state index contributed by atoms with van der Waals surface area (Å²) in [5, 5.41) is 0. The van der Waals surface area contributed by atoms with E-state index < -0.39 is 0 Å². The zero-order valence-corrected chi connectivity index (χ0v) is 12.7. The third kappa shape index (κ3) is 3.92. The Morgan fingerprint density at radius 3 is 1.81 bits per heavy atom. The van der Waals surface area contributed by atoms with Crippen LogP contribution in [0.4, 0.5) is 0 Å². The van der Waals surface area contributed by atoms with E-state index in [0.717, 1.165) is 11.1 Å². The summed E-state index contributed by atoms with van der Waals surface area (Å²) in [6, 6.07) is 19.9. The number of hydrogen-bond donors (Lipinski definition) is 0. The van der Waals surface area contributed by atoms with Gasteiger partial charge in [0.25, 0.3) is 0 Å². The molecule has 0 N–H and O–H groups in total. The van der Waals surface area contributed by atoms with Gasteiger partial charge in [-0.25, -0.2) is 0 Å². The average Bonchev–Trinajstić information content (AvgIpc) is 2.48. The van der Waals surface area contributed by atoms with Crippen LogP contribution in [0.5, 0.6) is 0 Å². The minimum atomic E-state index is -0.332. The fraction of sp³-hybridized carbons (Fsp3) is 0.278. The van der Waals surface area contributed by atoms with Crippen LogP contribution < -0.4 is 0 Å². The number of hydrogen-bond acceptors (Lipinski definition) is 3. The van der Waals surface area contributed by atoms with Gasteiger partial charge in [0.15, 0.2) is 0 Å². The molecule has 0 fully saturated rings. The van der Waals surface area contributed by atoms with Crippen LogP contribution in [0, 0.1) is 0 Å². The van der Waals surface area contributed by atoms with Gasteiger partial charge in [0, 0.05) is 6.92 Å². The first-order valence-corrected chi connectivity index (χ1v) is 7.03. The molecule has 0 amide bonds. The molecular weight excluding hydrogens is 262 g/mol. The number of rotatable bonds is 5. The van der Waals surface area contributed by atoms with E-state index in [0.29, 0.717) is 0 Å². The molecule has 0 aliphatic heterocycles. The van der Waals surface area contributed by atoms with E-state index in [2.05, 4.69) is 17.0 Å². The second-order valence-electron chi connectivity index (χ2n) is 5.26. The molecule has 0 bridgehead atoms. The van der Waals surface area contributed by atoms with Crippen molar-refractivity contribution >= 4 is 5.97 Å². The van der Waals surface area contributed by atoms with Crippen molar-refractivity contribution in [2.75, 3.05) is 14.1 Å². The van der Waals surface area contributed by atoms with Gasteiger partial charge in [-0.15, -0.1) is 0 Å². The highest BCUT2D eigenvalue weighted by molar-refractivity contribution is 5.66. The van der Waals surface area contributed by atoms with Crippen molar-refractivity contribution in [3.8, 4) is 0 Å². The van der Waals surface area contributed by atoms with Gasteiger partial charge in [-0.2, -0.15) is 0 Å². The maximum absolute atomic E-state index is 11.5. The quantitative estimate of drug-likeness (QED) is 0.785. The Hall–Kier alpha value is -2.13. The molecule has 0 heterocycles. The summed E-state index contributed by atoms with van der Waals surface area (Å²) in [5.41, 5.74) is 2.12. The van der Waals surface area contributed by atoms with E-state index in [1.54, 1.807) is 0 Å². The maximum atomic E-state index is 11.5. The third-order valence-corrected chi connectivity index (χ3v) is 3.41. The first-order chi connectivity index (χ1) is 10.1. The number of carbonyl (C=O) groups is 1. The molecule has 0 saturated carbocycles. The second kappa shape index (κ2) is 7.04. The van der Waals surface area contributed by atoms with Crippen molar-refractivity contribution in [2.45, 2.75) is 19.1 Å². The maximum Gasteiger partial charge on any atom is 0.303 e. The van der Waals surface area contributed by atoms with Crippen LogP contribution in [0.2, 0.25) is 0 Å². The summed E-state index contributed by atoms with van der Waals surface area (Å²) in [7, 11) is 3.99. The van der Waals surface area contributed by atoms with Gasteiger partial charge < -0.3 is 4.74 Å². The Labute approximate surface area is 126 Å². The lowest BCUT2D eigenvalue weighted by Crippen LogP contribution is -2.29. The largest absolute Gasteiger partial charge is 0.456 e. The van der Waals surface area contributed by atoms with Crippen molar-refractivity contribution in [3.63, 3.8) is 0 Å². The molecular formula is C18H21NO2. The molecule has 3 nitrogen and oxygen atoms in total. The van der Waals surface area contributed by atoms with E-state index in [1.807, 2.05) is 62.6 Å². The summed E-state index contributed by atoms with van der Waals surface area (Å²) in [6.07, 6.45) is -0.332. The Morgan fingerprint density at radius 1 is 0.905 bits per heavy atom. The molecule has 0 aliphatic carbocycles. The number of benzene rings is 2. The van der Waals surface area contributed by atoms with Gasteiger partial charge in [-0.05, 0) is 25.2 Å². The highest BCUT2D eigenvalue weighted by atomic mass is 16.5. The molecule has 2 aromatic rings. The van der Waals surface area contributed by atoms with E-state index in [-0.39, 0.29) is 18.1 Å². The smallest absolute Gasteiger partial charge is 0.303 e. The standard InChI is InChI=1S/C18H21NO2/c1-14(20)21-18(16-12-8-5-9-13-16)17(19(2)3)15-10-6-4-7-11-15/h4-13,17-18H,1-3H3/t17-,18-/m0/s1. The van der Waals surface area contributed by atoms with Crippen LogP contribution in [0.1, 0.15) is 30.2 Å². The molecule has 2 atom stereocenters. The van der Waals surface area contributed by atoms with Gasteiger partial charge in [0.2, 0.25) is 0 Å². The number of nitrogens with zero attached hydrogens (tertiary/aromatic N) is 1. The zero-order valence-electron chi connectivity index (χ0n) is 12.7. The van der Waals surface area contributed by atoms with Gasteiger partial charge in [-0.3, -0.25) is 9.69 Å². The zero-order chi connectivity index (χ0) is 15.2. The second-order valence-corrected chi connectivity index (χ2v) is 5.26. The molecule has 21 heavy (non-hydrogen) atoms. The van der Waals surface area contributed by atoms with E-state index >= 15 is 0 Å². The lowest BCUT2D eigenvalue weighted by molar-refractivity contribution is -0.150. The van der Waals surface area contributed by atoms with Crippen molar-refractivity contribution in [1.82, 2.24) is 4.90 Å². The summed E-state index contributed by atoms with van der Waals surface area (Å²) >= 11 is 0. The van der Waals surface area contributed by atoms with Crippen LogP contribution in [-0.2, 0) is 9.53 Å². The summed E-state index contributed by atoms with van der Waals surface area (Å²) in [6.45, 7) is 1.45. The Kier molecular flexibility index (Phi) is 5.12. The van der Waals surface area contributed by atoms with Gasteiger partial charge in [-0.1, -0.05) is 60.7 Å². The van der Waals surface area contributed by atoms with E-state index in [9.17, 15) is 4.79 Å². The molecule has 2 aromatic carbocycles. The minimum Gasteiger partial charge on any atom is -0.456 e. The molecule has 2 rings (SSSR count). The van der Waals surface area contributed by atoms with Gasteiger partial charge in [0.1, 0.15) is 6.10 Å². The molecule has 110 valence electrons. The molecule has 0 unspecified atom stereocenters. The van der Waals surface area contributed by atoms with E-state index in [1.165, 1.54) is 6.92 Å². The molecule has 3 heteroatoms. The molecule has 0 radical (unpaired) electrons. The van der Waals surface area contributed by atoms with Gasteiger partial charge in [0.05, 0.1) is 6.04 Å². The summed E-state index contributed by atoms with van der Waals surface area (Å²) < 4.78 is 5.63. The van der Waals surface area contributed by atoms with Crippen LogP contribution >= 0.6 is 0 Å². The fourth-order valence-electron chi connectivity index (χ4n) is 2.53. The normalized spacial score (nSPS) is 13.7. The Bertz CT molecular complexity index is 566. The lowest BCUT2D eigenvalue weighted by Gasteiger charge is -2.32. The molecule has 0 saturated heterocycles. The molecule has 0 aromatic heterocycles. The first kappa shape index (κ1) is 15.3.